The lowest BCUT2D eigenvalue weighted by Crippen LogP contribution is -2.34. The second-order valence-corrected chi connectivity index (χ2v) is 6.44. The minimum absolute atomic E-state index is 0.141. The Bertz CT molecular complexity index is 659. The Labute approximate surface area is 131 Å². The van der Waals surface area contributed by atoms with Crippen LogP contribution in [-0.4, -0.2) is 45.4 Å². The molecular formula is C18H24N2O2. The molecule has 1 aromatic carbocycles. The van der Waals surface area contributed by atoms with Crippen molar-refractivity contribution in [3.8, 4) is 0 Å². The zero-order chi connectivity index (χ0) is 15.6. The third-order valence-electron chi connectivity index (χ3n) is 4.82. The normalized spacial score (nSPS) is 23.6. The number of hydrogen-bond acceptors (Lipinski definition) is 4. The van der Waals surface area contributed by atoms with Gasteiger partial charge in [0.1, 0.15) is 0 Å². The predicted octanol–water partition coefficient (Wildman–Crippen LogP) is 2.25. The molecule has 1 aliphatic heterocycles. The Kier molecular flexibility index (Phi) is 4.43. The van der Waals surface area contributed by atoms with E-state index in [1.54, 1.807) is 0 Å². The number of benzene rings is 1. The second kappa shape index (κ2) is 6.32. The van der Waals surface area contributed by atoms with Gasteiger partial charge in [-0.25, -0.2) is 0 Å². The molecule has 1 aromatic heterocycles. The molecule has 2 N–H and O–H groups in total. The summed E-state index contributed by atoms with van der Waals surface area (Å²) >= 11 is 0. The van der Waals surface area contributed by atoms with Crippen molar-refractivity contribution in [2.45, 2.75) is 38.3 Å². The zero-order valence-electron chi connectivity index (χ0n) is 13.1. The smallest absolute Gasteiger partial charge is 0.0890 e. The summed E-state index contributed by atoms with van der Waals surface area (Å²) in [7, 11) is 0. The predicted molar refractivity (Wildman–Crippen MR) is 87.6 cm³/mol. The number of aromatic nitrogens is 1. The van der Waals surface area contributed by atoms with Gasteiger partial charge in [0, 0.05) is 24.7 Å². The minimum atomic E-state index is -0.899. The van der Waals surface area contributed by atoms with Gasteiger partial charge in [0.25, 0.3) is 0 Å². The summed E-state index contributed by atoms with van der Waals surface area (Å²) in [6.07, 6.45) is 4.05. The first kappa shape index (κ1) is 15.4. The van der Waals surface area contributed by atoms with Crippen LogP contribution in [0, 0.1) is 6.92 Å². The molecule has 1 atom stereocenters. The topological polar surface area (TPSA) is 56.6 Å². The van der Waals surface area contributed by atoms with Crippen LogP contribution < -0.4 is 0 Å². The van der Waals surface area contributed by atoms with Gasteiger partial charge in [-0.1, -0.05) is 12.1 Å². The molecule has 0 saturated carbocycles. The van der Waals surface area contributed by atoms with Crippen molar-refractivity contribution >= 4 is 10.9 Å². The Morgan fingerprint density at radius 2 is 2.09 bits per heavy atom. The van der Waals surface area contributed by atoms with Crippen LogP contribution in [0.25, 0.3) is 10.9 Å². The number of pyridine rings is 1. The molecule has 0 amide bonds. The average Bonchev–Trinajstić information content (AvgIpc) is 2.73. The number of hydrogen-bond donors (Lipinski definition) is 2. The fourth-order valence-electron chi connectivity index (χ4n) is 3.31. The number of likely N-dealkylation sites (tertiary alicyclic amines) is 1. The molecule has 0 aliphatic carbocycles. The molecule has 4 heteroatoms. The summed E-state index contributed by atoms with van der Waals surface area (Å²) in [4.78, 5) is 6.82. The first-order chi connectivity index (χ1) is 10.6. The highest BCUT2D eigenvalue weighted by atomic mass is 16.3. The number of aryl methyl sites for hydroxylation is 1. The highest BCUT2D eigenvalue weighted by molar-refractivity contribution is 5.83. The highest BCUT2D eigenvalue weighted by Crippen LogP contribution is 2.26. The monoisotopic (exact) mass is 300 g/mol. The zero-order valence-corrected chi connectivity index (χ0v) is 13.1. The van der Waals surface area contributed by atoms with E-state index in [0.717, 1.165) is 31.6 Å². The summed E-state index contributed by atoms with van der Waals surface area (Å²) in [6, 6.07) is 8.32. The van der Waals surface area contributed by atoms with Gasteiger partial charge in [0.15, 0.2) is 0 Å². The van der Waals surface area contributed by atoms with E-state index in [1.807, 2.05) is 12.3 Å². The van der Waals surface area contributed by atoms with Crippen LogP contribution in [0.4, 0.5) is 0 Å². The van der Waals surface area contributed by atoms with Crippen molar-refractivity contribution in [2.75, 3.05) is 19.7 Å². The van der Waals surface area contributed by atoms with Gasteiger partial charge < -0.3 is 10.2 Å². The van der Waals surface area contributed by atoms with E-state index in [1.165, 1.54) is 16.5 Å². The highest BCUT2D eigenvalue weighted by Gasteiger charge is 2.29. The van der Waals surface area contributed by atoms with Crippen molar-refractivity contribution < 1.29 is 10.2 Å². The quantitative estimate of drug-likeness (QED) is 0.913. The van der Waals surface area contributed by atoms with Crippen molar-refractivity contribution in [3.63, 3.8) is 0 Å². The molecule has 4 nitrogen and oxygen atoms in total. The maximum absolute atomic E-state index is 10.3. The van der Waals surface area contributed by atoms with Crippen molar-refractivity contribution in [2.24, 2.45) is 0 Å². The average molecular weight is 300 g/mol. The molecule has 0 spiro atoms. The molecule has 22 heavy (non-hydrogen) atoms. The van der Waals surface area contributed by atoms with E-state index in [2.05, 4.69) is 35.0 Å². The van der Waals surface area contributed by atoms with Gasteiger partial charge in [-0.3, -0.25) is 9.88 Å². The van der Waals surface area contributed by atoms with E-state index in [0.29, 0.717) is 12.8 Å². The molecule has 0 radical (unpaired) electrons. The van der Waals surface area contributed by atoms with Gasteiger partial charge in [0.2, 0.25) is 0 Å². The van der Waals surface area contributed by atoms with Crippen molar-refractivity contribution in [1.82, 2.24) is 9.88 Å². The summed E-state index contributed by atoms with van der Waals surface area (Å²) in [6.45, 7) is 4.64. The number of aliphatic hydroxyl groups is 2. The largest absolute Gasteiger partial charge is 0.393 e. The van der Waals surface area contributed by atoms with Gasteiger partial charge in [-0.2, -0.15) is 0 Å². The third-order valence-corrected chi connectivity index (χ3v) is 4.82. The SMILES string of the molecule is Cc1ccc2ncccc2c1CN1CCC[C@](O)(CO)CC1. The van der Waals surface area contributed by atoms with E-state index in [9.17, 15) is 10.2 Å². The molecule has 118 valence electrons. The van der Waals surface area contributed by atoms with Crippen LogP contribution in [0.1, 0.15) is 30.4 Å². The van der Waals surface area contributed by atoms with Crippen molar-refractivity contribution in [1.29, 1.82) is 0 Å². The second-order valence-electron chi connectivity index (χ2n) is 6.44. The van der Waals surface area contributed by atoms with Crippen LogP contribution in [0.2, 0.25) is 0 Å². The first-order valence-corrected chi connectivity index (χ1v) is 8.00. The van der Waals surface area contributed by atoms with Gasteiger partial charge >= 0.3 is 0 Å². The molecule has 1 fully saturated rings. The van der Waals surface area contributed by atoms with Gasteiger partial charge in [0.05, 0.1) is 17.7 Å². The molecule has 1 aliphatic rings. The van der Waals surface area contributed by atoms with Gasteiger partial charge in [-0.05, 0) is 56.0 Å². The summed E-state index contributed by atoms with van der Waals surface area (Å²) in [5, 5.41) is 20.9. The lowest BCUT2D eigenvalue weighted by atomic mass is 9.96. The van der Waals surface area contributed by atoms with E-state index >= 15 is 0 Å². The lowest BCUT2D eigenvalue weighted by molar-refractivity contribution is -0.0255. The Morgan fingerprint density at radius 1 is 1.23 bits per heavy atom. The summed E-state index contributed by atoms with van der Waals surface area (Å²) < 4.78 is 0. The standard InChI is InChI=1S/C18H24N2O2/c1-14-5-6-17-15(4-2-9-19-17)16(14)12-20-10-3-7-18(22,13-21)8-11-20/h2,4-6,9,21-22H,3,7-8,10-13H2,1H3/t18-/m1/s1. The number of fused-ring (bicyclic) bond motifs is 1. The maximum atomic E-state index is 10.3. The van der Waals surface area contributed by atoms with E-state index in [4.69, 9.17) is 0 Å². The molecule has 3 rings (SSSR count). The third kappa shape index (κ3) is 3.14. The minimum Gasteiger partial charge on any atom is -0.393 e. The van der Waals surface area contributed by atoms with Crippen LogP contribution in [0.3, 0.4) is 0 Å². The number of aliphatic hydroxyl groups excluding tert-OH is 1. The Balaban J connectivity index is 1.83. The van der Waals surface area contributed by atoms with E-state index < -0.39 is 5.60 Å². The number of rotatable bonds is 3. The summed E-state index contributed by atoms with van der Waals surface area (Å²) in [5.41, 5.74) is 2.73. The fraction of sp³-hybridized carbons (Fsp3) is 0.500. The molecule has 0 unspecified atom stereocenters. The maximum Gasteiger partial charge on any atom is 0.0890 e. The van der Waals surface area contributed by atoms with Gasteiger partial charge in [-0.15, -0.1) is 0 Å². The lowest BCUT2D eigenvalue weighted by Gasteiger charge is -2.25. The molecular weight excluding hydrogens is 276 g/mol. The molecule has 1 saturated heterocycles. The summed E-state index contributed by atoms with van der Waals surface area (Å²) in [5.74, 6) is 0. The fourth-order valence-corrected chi connectivity index (χ4v) is 3.31. The van der Waals surface area contributed by atoms with Crippen LogP contribution >= 0.6 is 0 Å². The Hall–Kier alpha value is -1.49. The first-order valence-electron chi connectivity index (χ1n) is 8.00. The Morgan fingerprint density at radius 3 is 2.91 bits per heavy atom. The van der Waals surface area contributed by atoms with Crippen LogP contribution in [0.15, 0.2) is 30.5 Å². The van der Waals surface area contributed by atoms with Crippen molar-refractivity contribution in [3.05, 3.63) is 41.6 Å². The van der Waals surface area contributed by atoms with Crippen LogP contribution in [-0.2, 0) is 6.54 Å². The van der Waals surface area contributed by atoms with Crippen LogP contribution in [0.5, 0.6) is 0 Å². The molecule has 2 aromatic rings. The molecule has 0 bridgehead atoms. The van der Waals surface area contributed by atoms with E-state index in [-0.39, 0.29) is 6.61 Å². The molecule has 2 heterocycles. The number of nitrogens with zero attached hydrogens (tertiary/aromatic N) is 2.